The molecule has 90 valence electrons. The minimum Gasteiger partial charge on any atom is -0.383 e. The van der Waals surface area contributed by atoms with Gasteiger partial charge in [-0.3, -0.25) is 0 Å². The van der Waals surface area contributed by atoms with Crippen LogP contribution in [0.4, 0.5) is 5.69 Å². The van der Waals surface area contributed by atoms with Crippen LogP contribution in [-0.2, 0) is 4.74 Å². The van der Waals surface area contributed by atoms with Gasteiger partial charge in [-0.25, -0.2) is 0 Å². The Morgan fingerprint density at radius 3 is 2.31 bits per heavy atom. The highest BCUT2D eigenvalue weighted by molar-refractivity contribution is 9.10. The minimum atomic E-state index is 0.378. The van der Waals surface area contributed by atoms with E-state index in [9.17, 15) is 0 Å². The van der Waals surface area contributed by atoms with Crippen molar-refractivity contribution in [2.75, 3.05) is 19.0 Å². The molecule has 0 amide bonds. The summed E-state index contributed by atoms with van der Waals surface area (Å²) in [6.07, 6.45) is 1.06. The Kier molecular flexibility index (Phi) is 5.29. The first-order valence-corrected chi connectivity index (χ1v) is 6.40. The summed E-state index contributed by atoms with van der Waals surface area (Å²) in [5.74, 6) is 0. The molecule has 0 bridgehead atoms. The highest BCUT2D eigenvalue weighted by Gasteiger charge is 2.09. The van der Waals surface area contributed by atoms with Crippen LogP contribution in [0, 0.1) is 13.8 Å². The fraction of sp³-hybridized carbons (Fsp3) is 0.538. The molecule has 0 aromatic heterocycles. The van der Waals surface area contributed by atoms with Crippen LogP contribution in [0.3, 0.4) is 0 Å². The maximum Gasteiger partial charge on any atom is 0.0663 e. The first-order valence-electron chi connectivity index (χ1n) is 5.60. The van der Waals surface area contributed by atoms with Gasteiger partial charge in [-0.1, -0.05) is 22.9 Å². The van der Waals surface area contributed by atoms with Gasteiger partial charge in [0, 0.05) is 23.3 Å². The quantitative estimate of drug-likeness (QED) is 0.886. The van der Waals surface area contributed by atoms with Crippen molar-refractivity contribution < 1.29 is 4.74 Å². The van der Waals surface area contributed by atoms with Crippen LogP contribution in [0.1, 0.15) is 24.5 Å². The van der Waals surface area contributed by atoms with Crippen LogP contribution in [0.5, 0.6) is 0 Å². The average Bonchev–Trinajstić information content (AvgIpc) is 2.21. The lowest BCUT2D eigenvalue weighted by Crippen LogP contribution is -2.24. The van der Waals surface area contributed by atoms with E-state index in [1.807, 2.05) is 0 Å². The molecule has 0 radical (unpaired) electrons. The molecule has 16 heavy (non-hydrogen) atoms. The van der Waals surface area contributed by atoms with Crippen LogP contribution in [0.15, 0.2) is 16.6 Å². The largest absolute Gasteiger partial charge is 0.383 e. The van der Waals surface area contributed by atoms with Crippen molar-refractivity contribution in [2.24, 2.45) is 0 Å². The molecule has 2 nitrogen and oxygen atoms in total. The van der Waals surface area contributed by atoms with Crippen LogP contribution in [-0.4, -0.2) is 19.8 Å². The summed E-state index contributed by atoms with van der Waals surface area (Å²) in [6, 6.07) is 4.65. The molecule has 0 aliphatic rings. The van der Waals surface area contributed by atoms with Crippen molar-refractivity contribution in [3.05, 3.63) is 27.7 Å². The second kappa shape index (κ2) is 6.26. The molecular weight excluding hydrogens is 266 g/mol. The van der Waals surface area contributed by atoms with Crippen molar-refractivity contribution >= 4 is 21.6 Å². The monoisotopic (exact) mass is 285 g/mol. The van der Waals surface area contributed by atoms with E-state index in [1.165, 1.54) is 16.8 Å². The van der Waals surface area contributed by atoms with E-state index in [4.69, 9.17) is 4.74 Å². The molecule has 1 aromatic rings. The molecule has 0 saturated heterocycles. The molecule has 1 N–H and O–H groups in total. The highest BCUT2D eigenvalue weighted by atomic mass is 79.9. The number of hydrogen-bond donors (Lipinski definition) is 1. The summed E-state index contributed by atoms with van der Waals surface area (Å²) in [6.45, 7) is 7.16. The van der Waals surface area contributed by atoms with E-state index >= 15 is 0 Å². The van der Waals surface area contributed by atoms with Crippen molar-refractivity contribution in [3.8, 4) is 0 Å². The van der Waals surface area contributed by atoms with E-state index in [2.05, 4.69) is 54.2 Å². The SMILES string of the molecule is CCC(COC)Nc1c(C)cc(Br)cc1C. The molecule has 0 heterocycles. The molecule has 1 rings (SSSR count). The normalized spacial score (nSPS) is 12.6. The predicted molar refractivity (Wildman–Crippen MR) is 73.2 cm³/mol. The Morgan fingerprint density at radius 1 is 1.31 bits per heavy atom. The summed E-state index contributed by atoms with van der Waals surface area (Å²) in [7, 11) is 1.74. The number of methoxy groups -OCH3 is 1. The number of hydrogen-bond acceptors (Lipinski definition) is 2. The lowest BCUT2D eigenvalue weighted by atomic mass is 10.1. The zero-order valence-electron chi connectivity index (χ0n) is 10.4. The minimum absolute atomic E-state index is 0.378. The maximum absolute atomic E-state index is 5.20. The smallest absolute Gasteiger partial charge is 0.0663 e. The van der Waals surface area contributed by atoms with Crippen molar-refractivity contribution in [3.63, 3.8) is 0 Å². The summed E-state index contributed by atoms with van der Waals surface area (Å²) in [4.78, 5) is 0. The van der Waals surface area contributed by atoms with E-state index in [-0.39, 0.29) is 0 Å². The maximum atomic E-state index is 5.20. The Bertz CT molecular complexity index is 329. The molecule has 0 aliphatic carbocycles. The van der Waals surface area contributed by atoms with Crippen LogP contribution in [0.25, 0.3) is 0 Å². The van der Waals surface area contributed by atoms with Gasteiger partial charge in [-0.15, -0.1) is 0 Å². The zero-order chi connectivity index (χ0) is 12.1. The van der Waals surface area contributed by atoms with E-state index < -0.39 is 0 Å². The second-order valence-corrected chi connectivity index (χ2v) is 5.04. The lowest BCUT2D eigenvalue weighted by molar-refractivity contribution is 0.184. The van der Waals surface area contributed by atoms with E-state index in [0.29, 0.717) is 6.04 Å². The first kappa shape index (κ1) is 13.5. The van der Waals surface area contributed by atoms with Gasteiger partial charge in [0.25, 0.3) is 0 Å². The van der Waals surface area contributed by atoms with Crippen LogP contribution in [0.2, 0.25) is 0 Å². The number of nitrogens with one attached hydrogen (secondary N) is 1. The van der Waals surface area contributed by atoms with Gasteiger partial charge < -0.3 is 10.1 Å². The number of aryl methyl sites for hydroxylation is 2. The van der Waals surface area contributed by atoms with Crippen molar-refractivity contribution in [1.29, 1.82) is 0 Å². The third-order valence-corrected chi connectivity index (χ3v) is 3.16. The topological polar surface area (TPSA) is 21.3 Å². The Hall–Kier alpha value is -0.540. The predicted octanol–water partition coefficient (Wildman–Crippen LogP) is 3.90. The number of benzene rings is 1. The molecule has 0 fully saturated rings. The summed E-state index contributed by atoms with van der Waals surface area (Å²) >= 11 is 3.51. The number of anilines is 1. The number of ether oxygens (including phenoxy) is 1. The standard InChI is InChI=1S/C13H20BrNO/c1-5-12(8-16-4)15-13-9(2)6-11(14)7-10(13)3/h6-7,12,15H,5,8H2,1-4H3. The fourth-order valence-electron chi connectivity index (χ4n) is 1.81. The third-order valence-electron chi connectivity index (χ3n) is 2.71. The summed E-state index contributed by atoms with van der Waals surface area (Å²) < 4.78 is 6.33. The zero-order valence-corrected chi connectivity index (χ0v) is 12.0. The Labute approximate surface area is 107 Å². The molecule has 3 heteroatoms. The average molecular weight is 286 g/mol. The summed E-state index contributed by atoms with van der Waals surface area (Å²) in [5.41, 5.74) is 3.76. The van der Waals surface area contributed by atoms with Gasteiger partial charge in [0.1, 0.15) is 0 Å². The third kappa shape index (κ3) is 3.49. The summed E-state index contributed by atoms with van der Waals surface area (Å²) in [5, 5.41) is 3.55. The van der Waals surface area contributed by atoms with Crippen molar-refractivity contribution in [1.82, 2.24) is 0 Å². The van der Waals surface area contributed by atoms with Gasteiger partial charge in [0.05, 0.1) is 6.61 Å². The Morgan fingerprint density at radius 2 is 1.88 bits per heavy atom. The van der Waals surface area contributed by atoms with Crippen LogP contribution < -0.4 is 5.32 Å². The van der Waals surface area contributed by atoms with Gasteiger partial charge in [-0.2, -0.15) is 0 Å². The van der Waals surface area contributed by atoms with Gasteiger partial charge in [-0.05, 0) is 43.5 Å². The van der Waals surface area contributed by atoms with Crippen molar-refractivity contribution in [2.45, 2.75) is 33.2 Å². The molecule has 0 saturated carbocycles. The van der Waals surface area contributed by atoms with Crippen LogP contribution >= 0.6 is 15.9 Å². The van der Waals surface area contributed by atoms with Gasteiger partial charge >= 0.3 is 0 Å². The molecule has 0 aliphatic heterocycles. The molecular formula is C13H20BrNO. The number of rotatable bonds is 5. The molecule has 1 aromatic carbocycles. The number of halogens is 1. The van der Waals surface area contributed by atoms with E-state index in [1.54, 1.807) is 7.11 Å². The molecule has 1 atom stereocenters. The Balaban J connectivity index is 2.87. The van der Waals surface area contributed by atoms with Gasteiger partial charge in [0.2, 0.25) is 0 Å². The molecule has 1 unspecified atom stereocenters. The van der Waals surface area contributed by atoms with Gasteiger partial charge in [0.15, 0.2) is 0 Å². The lowest BCUT2D eigenvalue weighted by Gasteiger charge is -2.21. The fourth-order valence-corrected chi connectivity index (χ4v) is 2.49. The molecule has 0 spiro atoms. The van der Waals surface area contributed by atoms with E-state index in [0.717, 1.165) is 17.5 Å². The second-order valence-electron chi connectivity index (χ2n) is 4.12. The highest BCUT2D eigenvalue weighted by Crippen LogP contribution is 2.26. The first-order chi connectivity index (χ1) is 7.58.